The van der Waals surface area contributed by atoms with Crippen LogP contribution in [0.25, 0.3) is 0 Å². The molecule has 1 amide bonds. The Kier molecular flexibility index (Phi) is 5.35. The van der Waals surface area contributed by atoms with E-state index in [-0.39, 0.29) is 18.8 Å². The molecule has 0 fully saturated rings. The van der Waals surface area contributed by atoms with Gasteiger partial charge in [-0.15, -0.1) is 0 Å². The smallest absolute Gasteiger partial charge is 0.344 e. The molecule has 2 aromatic carbocycles. The van der Waals surface area contributed by atoms with Crippen LogP contribution >= 0.6 is 0 Å². The standard InChI is InChI=1S/C21H23NO5/c1-14-6-4-8-16(10-14)22-18(23)12-26-19(24)13-25-17-9-5-7-15-11-21(2,3)27-20(15)17/h4-10H,11-13H2,1-3H3,(H,22,23). The highest BCUT2D eigenvalue weighted by atomic mass is 16.6. The van der Waals surface area contributed by atoms with Crippen LogP contribution in [0.4, 0.5) is 5.69 Å². The number of benzene rings is 2. The van der Waals surface area contributed by atoms with Gasteiger partial charge in [-0.05, 0) is 44.5 Å². The van der Waals surface area contributed by atoms with Crippen molar-refractivity contribution in [2.45, 2.75) is 32.8 Å². The number of esters is 1. The molecule has 2 aromatic rings. The van der Waals surface area contributed by atoms with Crippen molar-refractivity contribution in [2.24, 2.45) is 0 Å². The Morgan fingerprint density at radius 3 is 2.70 bits per heavy atom. The Bertz CT molecular complexity index is 859. The lowest BCUT2D eigenvalue weighted by Crippen LogP contribution is -2.25. The van der Waals surface area contributed by atoms with Gasteiger partial charge in [-0.3, -0.25) is 4.79 Å². The number of para-hydroxylation sites is 1. The highest BCUT2D eigenvalue weighted by Gasteiger charge is 2.32. The Hall–Kier alpha value is -3.02. The summed E-state index contributed by atoms with van der Waals surface area (Å²) in [4.78, 5) is 23.8. The summed E-state index contributed by atoms with van der Waals surface area (Å²) in [6.07, 6.45) is 0.781. The second kappa shape index (κ2) is 7.70. The average molecular weight is 369 g/mol. The fourth-order valence-electron chi connectivity index (χ4n) is 2.95. The molecule has 0 aliphatic carbocycles. The highest BCUT2D eigenvalue weighted by molar-refractivity contribution is 5.92. The summed E-state index contributed by atoms with van der Waals surface area (Å²) in [6.45, 7) is 5.26. The fraction of sp³-hybridized carbons (Fsp3) is 0.333. The van der Waals surface area contributed by atoms with Crippen LogP contribution in [0.15, 0.2) is 42.5 Å². The van der Waals surface area contributed by atoms with Gasteiger partial charge in [-0.25, -0.2) is 4.79 Å². The normalized spacial score (nSPS) is 14.0. The molecule has 0 atom stereocenters. The fourth-order valence-corrected chi connectivity index (χ4v) is 2.95. The number of anilines is 1. The van der Waals surface area contributed by atoms with E-state index in [1.54, 1.807) is 12.1 Å². The van der Waals surface area contributed by atoms with Crippen molar-refractivity contribution in [3.8, 4) is 11.5 Å². The molecule has 0 spiro atoms. The predicted molar refractivity (Wildman–Crippen MR) is 101 cm³/mol. The third-order valence-electron chi connectivity index (χ3n) is 4.07. The number of ether oxygens (including phenoxy) is 3. The van der Waals surface area contributed by atoms with Crippen LogP contribution in [-0.4, -0.2) is 30.7 Å². The van der Waals surface area contributed by atoms with Crippen molar-refractivity contribution in [3.63, 3.8) is 0 Å². The van der Waals surface area contributed by atoms with E-state index in [0.717, 1.165) is 17.5 Å². The van der Waals surface area contributed by atoms with Crippen LogP contribution in [0.5, 0.6) is 11.5 Å². The molecule has 0 saturated heterocycles. The number of fused-ring (bicyclic) bond motifs is 1. The van der Waals surface area contributed by atoms with Crippen LogP contribution in [-0.2, 0) is 20.7 Å². The molecule has 1 aliphatic heterocycles. The second-order valence-electron chi connectivity index (χ2n) is 7.15. The summed E-state index contributed by atoms with van der Waals surface area (Å²) in [7, 11) is 0. The van der Waals surface area contributed by atoms with E-state index in [0.29, 0.717) is 17.2 Å². The molecule has 0 saturated carbocycles. The number of hydrogen-bond acceptors (Lipinski definition) is 5. The van der Waals surface area contributed by atoms with Crippen molar-refractivity contribution in [3.05, 3.63) is 53.6 Å². The molecule has 3 rings (SSSR count). The van der Waals surface area contributed by atoms with Crippen LogP contribution in [0.2, 0.25) is 0 Å². The molecule has 6 heteroatoms. The van der Waals surface area contributed by atoms with Gasteiger partial charge in [0.25, 0.3) is 5.91 Å². The molecule has 1 heterocycles. The molecule has 0 bridgehead atoms. The van der Waals surface area contributed by atoms with Crippen LogP contribution < -0.4 is 14.8 Å². The largest absolute Gasteiger partial charge is 0.483 e. The third-order valence-corrected chi connectivity index (χ3v) is 4.07. The number of carbonyl (C=O) groups excluding carboxylic acids is 2. The number of nitrogens with one attached hydrogen (secondary N) is 1. The van der Waals surface area contributed by atoms with E-state index in [1.807, 2.05) is 51.1 Å². The first-order chi connectivity index (χ1) is 12.8. The Morgan fingerprint density at radius 2 is 1.93 bits per heavy atom. The lowest BCUT2D eigenvalue weighted by Gasteiger charge is -2.18. The Balaban J connectivity index is 1.47. The third kappa shape index (κ3) is 5.00. The highest BCUT2D eigenvalue weighted by Crippen LogP contribution is 2.41. The van der Waals surface area contributed by atoms with Gasteiger partial charge in [0.2, 0.25) is 0 Å². The minimum atomic E-state index is -0.621. The van der Waals surface area contributed by atoms with Gasteiger partial charge in [-0.1, -0.05) is 24.3 Å². The van der Waals surface area contributed by atoms with E-state index in [9.17, 15) is 9.59 Å². The van der Waals surface area contributed by atoms with Crippen LogP contribution in [0.3, 0.4) is 0 Å². The summed E-state index contributed by atoms with van der Waals surface area (Å²) in [5, 5.41) is 2.68. The number of rotatable bonds is 6. The van der Waals surface area contributed by atoms with Gasteiger partial charge in [-0.2, -0.15) is 0 Å². The number of amides is 1. The summed E-state index contributed by atoms with van der Waals surface area (Å²) in [6, 6.07) is 13.0. The zero-order valence-corrected chi connectivity index (χ0v) is 15.7. The number of carbonyl (C=O) groups is 2. The zero-order valence-electron chi connectivity index (χ0n) is 15.7. The molecular weight excluding hydrogens is 346 g/mol. The minimum Gasteiger partial charge on any atom is -0.483 e. The monoisotopic (exact) mass is 369 g/mol. The lowest BCUT2D eigenvalue weighted by molar-refractivity contribution is -0.149. The van der Waals surface area contributed by atoms with Crippen molar-refractivity contribution in [2.75, 3.05) is 18.5 Å². The topological polar surface area (TPSA) is 73.9 Å². The molecule has 6 nitrogen and oxygen atoms in total. The number of hydrogen-bond donors (Lipinski definition) is 1. The molecule has 0 aromatic heterocycles. The van der Waals surface area contributed by atoms with Gasteiger partial charge in [0.05, 0.1) is 0 Å². The zero-order chi connectivity index (χ0) is 19.4. The predicted octanol–water partition coefficient (Wildman–Crippen LogP) is 3.27. The van der Waals surface area contributed by atoms with Crippen molar-refractivity contribution >= 4 is 17.6 Å². The number of aryl methyl sites for hydroxylation is 1. The molecule has 0 radical (unpaired) electrons. The van der Waals surface area contributed by atoms with Gasteiger partial charge >= 0.3 is 5.97 Å². The molecule has 142 valence electrons. The second-order valence-corrected chi connectivity index (χ2v) is 7.15. The van der Waals surface area contributed by atoms with Gasteiger partial charge in [0.15, 0.2) is 24.7 Å². The Labute approximate surface area is 158 Å². The summed E-state index contributed by atoms with van der Waals surface area (Å²) in [5.41, 5.74) is 2.44. The van der Waals surface area contributed by atoms with Crippen molar-refractivity contribution in [1.82, 2.24) is 0 Å². The van der Waals surface area contributed by atoms with Gasteiger partial charge in [0.1, 0.15) is 5.60 Å². The SMILES string of the molecule is Cc1cccc(NC(=O)COC(=O)COc2cccc3c2OC(C)(C)C3)c1. The molecule has 1 aliphatic rings. The van der Waals surface area contributed by atoms with Gasteiger partial charge in [0, 0.05) is 17.7 Å². The first kappa shape index (κ1) is 18.8. The Morgan fingerprint density at radius 1 is 1.15 bits per heavy atom. The molecule has 1 N–H and O–H groups in total. The van der Waals surface area contributed by atoms with Crippen molar-refractivity contribution in [1.29, 1.82) is 0 Å². The quantitative estimate of drug-likeness (QED) is 0.791. The first-order valence-electron chi connectivity index (χ1n) is 8.78. The minimum absolute atomic E-state index is 0.294. The van der Waals surface area contributed by atoms with E-state index in [4.69, 9.17) is 14.2 Å². The molecule has 27 heavy (non-hydrogen) atoms. The summed E-state index contributed by atoms with van der Waals surface area (Å²) in [5.74, 6) is 0.135. The summed E-state index contributed by atoms with van der Waals surface area (Å²) < 4.78 is 16.4. The average Bonchev–Trinajstić information content (AvgIpc) is 2.92. The molecule has 0 unspecified atom stereocenters. The van der Waals surface area contributed by atoms with E-state index < -0.39 is 11.9 Å². The van der Waals surface area contributed by atoms with Crippen molar-refractivity contribution < 1.29 is 23.8 Å². The van der Waals surface area contributed by atoms with Crippen LogP contribution in [0, 0.1) is 6.92 Å². The van der Waals surface area contributed by atoms with E-state index in [1.165, 1.54) is 0 Å². The first-order valence-corrected chi connectivity index (χ1v) is 8.78. The molecular formula is C21H23NO5. The van der Waals surface area contributed by atoms with E-state index in [2.05, 4.69) is 5.32 Å². The maximum absolute atomic E-state index is 11.9. The lowest BCUT2D eigenvalue weighted by atomic mass is 10.0. The van der Waals surface area contributed by atoms with Crippen LogP contribution in [0.1, 0.15) is 25.0 Å². The van der Waals surface area contributed by atoms with Gasteiger partial charge < -0.3 is 19.5 Å². The maximum atomic E-state index is 11.9. The van der Waals surface area contributed by atoms with E-state index >= 15 is 0 Å². The summed E-state index contributed by atoms with van der Waals surface area (Å²) >= 11 is 0. The maximum Gasteiger partial charge on any atom is 0.344 e.